The van der Waals surface area contributed by atoms with E-state index in [2.05, 4.69) is 11.1 Å². The topological polar surface area (TPSA) is 49.1 Å². The molecule has 1 aliphatic heterocycles. The second-order valence-electron chi connectivity index (χ2n) is 4.42. The number of benzene rings is 1. The van der Waals surface area contributed by atoms with Gasteiger partial charge in [0.05, 0.1) is 24.3 Å². The van der Waals surface area contributed by atoms with Crippen molar-refractivity contribution in [3.63, 3.8) is 0 Å². The molecule has 0 amide bonds. The molecular formula is C15H13N3O. The van der Waals surface area contributed by atoms with Crippen LogP contribution in [-0.2, 0) is 4.84 Å². The fraction of sp³-hybridized carbons (Fsp3) is 0.200. The van der Waals surface area contributed by atoms with Crippen LogP contribution in [0.3, 0.4) is 0 Å². The second-order valence-corrected chi connectivity index (χ2v) is 4.42. The van der Waals surface area contributed by atoms with Crippen LogP contribution >= 0.6 is 0 Å². The molecule has 1 saturated heterocycles. The summed E-state index contributed by atoms with van der Waals surface area (Å²) < 4.78 is 0. The van der Waals surface area contributed by atoms with Crippen LogP contribution in [-0.4, -0.2) is 11.6 Å². The molecule has 2 aromatic rings. The van der Waals surface area contributed by atoms with Gasteiger partial charge in [-0.2, -0.15) is 5.26 Å². The highest BCUT2D eigenvalue weighted by atomic mass is 16.7. The first kappa shape index (κ1) is 11.7. The lowest BCUT2D eigenvalue weighted by atomic mass is 9.96. The maximum atomic E-state index is 9.29. The van der Waals surface area contributed by atoms with Crippen LogP contribution in [0.5, 0.6) is 0 Å². The van der Waals surface area contributed by atoms with E-state index >= 15 is 0 Å². The molecule has 1 aromatic heterocycles. The smallest absolute Gasteiger partial charge is 0.101 e. The predicted molar refractivity (Wildman–Crippen MR) is 71.0 cm³/mol. The highest BCUT2D eigenvalue weighted by Gasteiger charge is 2.37. The molecule has 0 spiro atoms. The zero-order valence-corrected chi connectivity index (χ0v) is 10.3. The van der Waals surface area contributed by atoms with Gasteiger partial charge in [-0.25, -0.2) is 5.06 Å². The Kier molecular flexibility index (Phi) is 3.13. The van der Waals surface area contributed by atoms with E-state index in [-0.39, 0.29) is 12.0 Å². The van der Waals surface area contributed by atoms with Crippen LogP contribution < -0.4 is 5.06 Å². The maximum Gasteiger partial charge on any atom is 0.101 e. The summed E-state index contributed by atoms with van der Waals surface area (Å²) in [7, 11) is 0. The van der Waals surface area contributed by atoms with Gasteiger partial charge in [-0.15, -0.1) is 0 Å². The molecule has 1 fully saturated rings. The standard InChI is InChI=1S/C15H13N3O/c16-9-13-11-19-18(14-6-2-1-3-7-14)15(13)12-5-4-8-17-10-12/h1-8,10,13,15H,11H2/t13-,15+/m0/s1. The first-order valence-electron chi connectivity index (χ1n) is 6.17. The SMILES string of the molecule is N#C[C@H]1CON(c2ccccc2)[C@@H]1c1cccnc1. The first-order chi connectivity index (χ1) is 9.40. The van der Waals surface area contributed by atoms with E-state index in [9.17, 15) is 5.26 Å². The Hall–Kier alpha value is -2.38. The van der Waals surface area contributed by atoms with Gasteiger partial charge in [-0.05, 0) is 23.8 Å². The Bertz CT molecular complexity index is 579. The van der Waals surface area contributed by atoms with Crippen molar-refractivity contribution < 1.29 is 4.84 Å². The molecule has 1 aliphatic rings. The molecule has 0 radical (unpaired) electrons. The minimum atomic E-state index is -0.190. The molecule has 19 heavy (non-hydrogen) atoms. The molecule has 0 saturated carbocycles. The number of rotatable bonds is 2. The van der Waals surface area contributed by atoms with E-state index < -0.39 is 0 Å². The summed E-state index contributed by atoms with van der Waals surface area (Å²) in [6, 6.07) is 15.9. The number of nitrogens with zero attached hydrogens (tertiary/aromatic N) is 3. The molecule has 4 heteroatoms. The van der Waals surface area contributed by atoms with E-state index in [1.807, 2.05) is 47.5 Å². The fourth-order valence-corrected chi connectivity index (χ4v) is 2.33. The number of hydrogen-bond acceptors (Lipinski definition) is 4. The lowest BCUT2D eigenvalue weighted by molar-refractivity contribution is 0.156. The molecule has 3 rings (SSSR count). The molecule has 94 valence electrons. The van der Waals surface area contributed by atoms with Gasteiger partial charge in [-0.3, -0.25) is 9.82 Å². The Balaban J connectivity index is 1.99. The number of anilines is 1. The minimum absolute atomic E-state index is 0.110. The van der Waals surface area contributed by atoms with Crippen molar-refractivity contribution >= 4 is 5.69 Å². The normalized spacial score (nSPS) is 22.2. The van der Waals surface area contributed by atoms with E-state index in [1.165, 1.54) is 0 Å². The van der Waals surface area contributed by atoms with Gasteiger partial charge in [0.15, 0.2) is 0 Å². The van der Waals surface area contributed by atoms with Crippen LogP contribution in [0, 0.1) is 17.2 Å². The number of pyridine rings is 1. The Morgan fingerprint density at radius 2 is 2.05 bits per heavy atom. The third kappa shape index (κ3) is 2.16. The van der Waals surface area contributed by atoms with Crippen LogP contribution in [0.25, 0.3) is 0 Å². The minimum Gasteiger partial charge on any atom is -0.271 e. The number of para-hydroxylation sites is 1. The van der Waals surface area contributed by atoms with Crippen LogP contribution in [0.4, 0.5) is 5.69 Å². The zero-order chi connectivity index (χ0) is 13.1. The number of aromatic nitrogens is 1. The molecule has 0 aliphatic carbocycles. The van der Waals surface area contributed by atoms with Gasteiger partial charge >= 0.3 is 0 Å². The number of nitriles is 1. The van der Waals surface area contributed by atoms with E-state index in [0.717, 1.165) is 11.3 Å². The summed E-state index contributed by atoms with van der Waals surface area (Å²) in [4.78, 5) is 9.83. The summed E-state index contributed by atoms with van der Waals surface area (Å²) in [6.07, 6.45) is 3.52. The summed E-state index contributed by atoms with van der Waals surface area (Å²) in [5, 5.41) is 11.1. The Morgan fingerprint density at radius 3 is 2.74 bits per heavy atom. The molecule has 2 heterocycles. The monoisotopic (exact) mass is 251 g/mol. The van der Waals surface area contributed by atoms with Crippen molar-refractivity contribution in [2.75, 3.05) is 11.7 Å². The third-order valence-corrected chi connectivity index (χ3v) is 3.23. The zero-order valence-electron chi connectivity index (χ0n) is 10.3. The first-order valence-corrected chi connectivity index (χ1v) is 6.17. The molecule has 0 bridgehead atoms. The average molecular weight is 251 g/mol. The number of hydroxylamine groups is 1. The summed E-state index contributed by atoms with van der Waals surface area (Å²) >= 11 is 0. The van der Waals surface area contributed by atoms with Crippen LogP contribution in [0.2, 0.25) is 0 Å². The lowest BCUT2D eigenvalue weighted by Gasteiger charge is -2.25. The Morgan fingerprint density at radius 1 is 1.21 bits per heavy atom. The second kappa shape index (κ2) is 5.09. The molecule has 4 nitrogen and oxygen atoms in total. The maximum absolute atomic E-state index is 9.29. The largest absolute Gasteiger partial charge is 0.271 e. The van der Waals surface area contributed by atoms with Gasteiger partial charge in [0.25, 0.3) is 0 Å². The van der Waals surface area contributed by atoms with Crippen LogP contribution in [0.15, 0.2) is 54.9 Å². The lowest BCUT2D eigenvalue weighted by Crippen LogP contribution is -2.23. The van der Waals surface area contributed by atoms with Gasteiger partial charge in [-0.1, -0.05) is 24.3 Å². The number of hydrogen-bond donors (Lipinski definition) is 0. The van der Waals surface area contributed by atoms with Crippen molar-refractivity contribution in [2.24, 2.45) is 5.92 Å². The van der Waals surface area contributed by atoms with E-state index in [4.69, 9.17) is 4.84 Å². The Labute approximate surface area is 111 Å². The average Bonchev–Trinajstić information content (AvgIpc) is 2.93. The molecule has 1 aromatic carbocycles. The highest BCUT2D eigenvalue weighted by Crippen LogP contribution is 2.37. The molecule has 2 atom stereocenters. The summed E-state index contributed by atoms with van der Waals surface area (Å²) in [6.45, 7) is 0.408. The van der Waals surface area contributed by atoms with Crippen molar-refractivity contribution in [3.8, 4) is 6.07 Å². The van der Waals surface area contributed by atoms with Crippen molar-refractivity contribution in [2.45, 2.75) is 6.04 Å². The van der Waals surface area contributed by atoms with Crippen molar-refractivity contribution in [1.29, 1.82) is 5.26 Å². The van der Waals surface area contributed by atoms with Gasteiger partial charge < -0.3 is 0 Å². The third-order valence-electron chi connectivity index (χ3n) is 3.23. The van der Waals surface area contributed by atoms with E-state index in [1.54, 1.807) is 12.4 Å². The fourth-order valence-electron chi connectivity index (χ4n) is 2.33. The van der Waals surface area contributed by atoms with Crippen LogP contribution in [0.1, 0.15) is 11.6 Å². The summed E-state index contributed by atoms with van der Waals surface area (Å²) in [5.41, 5.74) is 1.95. The highest BCUT2D eigenvalue weighted by molar-refractivity contribution is 5.47. The van der Waals surface area contributed by atoms with Gasteiger partial charge in [0, 0.05) is 12.4 Å². The van der Waals surface area contributed by atoms with Gasteiger partial charge in [0.2, 0.25) is 0 Å². The van der Waals surface area contributed by atoms with E-state index in [0.29, 0.717) is 6.61 Å². The molecule has 0 unspecified atom stereocenters. The van der Waals surface area contributed by atoms with Crippen molar-refractivity contribution in [3.05, 3.63) is 60.4 Å². The molecule has 0 N–H and O–H groups in total. The predicted octanol–water partition coefficient (Wildman–Crippen LogP) is 2.71. The van der Waals surface area contributed by atoms with Crippen molar-refractivity contribution in [1.82, 2.24) is 4.98 Å². The van der Waals surface area contributed by atoms with Gasteiger partial charge in [0.1, 0.15) is 6.04 Å². The molecular weight excluding hydrogens is 238 g/mol. The quantitative estimate of drug-likeness (QED) is 0.823. The summed E-state index contributed by atoms with van der Waals surface area (Å²) in [5.74, 6) is -0.190.